The third-order valence-electron chi connectivity index (χ3n) is 4.77. The molecule has 1 heterocycles. The van der Waals surface area contributed by atoms with Crippen LogP contribution in [0.2, 0.25) is 0 Å². The van der Waals surface area contributed by atoms with Crippen molar-refractivity contribution in [2.24, 2.45) is 4.99 Å². The molecule has 0 saturated carbocycles. The second-order valence-corrected chi connectivity index (χ2v) is 6.29. The van der Waals surface area contributed by atoms with E-state index in [-0.39, 0.29) is 5.75 Å². The predicted molar refractivity (Wildman–Crippen MR) is 104 cm³/mol. The summed E-state index contributed by atoms with van der Waals surface area (Å²) in [5.74, 6) is 2.50. The number of rotatable bonds is 7. The predicted octanol–water partition coefficient (Wildman–Crippen LogP) is 3.40. The molecule has 2 aromatic carbocycles. The molecule has 0 unspecified atom stereocenters. The zero-order valence-electron chi connectivity index (χ0n) is 16.2. The van der Waals surface area contributed by atoms with Crippen molar-refractivity contribution in [3.05, 3.63) is 41.0 Å². The molecule has 0 aromatic heterocycles. The molecule has 0 bridgehead atoms. The van der Waals surface area contributed by atoms with Crippen molar-refractivity contribution in [2.75, 3.05) is 35.0 Å². The Bertz CT molecular complexity index is 835. The molecule has 0 atom stereocenters. The normalized spacial score (nSPS) is 12.8. The maximum Gasteiger partial charge on any atom is 0.203 e. The molecular formula is C21H25NO5. The van der Waals surface area contributed by atoms with Gasteiger partial charge >= 0.3 is 0 Å². The lowest BCUT2D eigenvalue weighted by Gasteiger charge is -2.19. The SMILES string of the molecule is COc1cc2c(cc1O)C(CCc1cc(OC)c(OC)c(OC)c1)=NCC2. The number of hydrogen-bond donors (Lipinski definition) is 1. The van der Waals surface area contributed by atoms with Crippen LogP contribution in [0.5, 0.6) is 28.7 Å². The van der Waals surface area contributed by atoms with E-state index in [0.29, 0.717) is 23.0 Å². The minimum Gasteiger partial charge on any atom is -0.504 e. The van der Waals surface area contributed by atoms with E-state index in [9.17, 15) is 5.11 Å². The van der Waals surface area contributed by atoms with Gasteiger partial charge in [0.1, 0.15) is 0 Å². The largest absolute Gasteiger partial charge is 0.504 e. The number of aromatic hydroxyl groups is 1. The van der Waals surface area contributed by atoms with Crippen LogP contribution in [0.4, 0.5) is 0 Å². The first-order valence-electron chi connectivity index (χ1n) is 8.83. The molecule has 1 aliphatic heterocycles. The van der Waals surface area contributed by atoms with Gasteiger partial charge in [0, 0.05) is 17.8 Å². The van der Waals surface area contributed by atoms with E-state index in [1.165, 1.54) is 0 Å². The summed E-state index contributed by atoms with van der Waals surface area (Å²) in [5, 5.41) is 10.1. The number of methoxy groups -OCH3 is 4. The lowest BCUT2D eigenvalue weighted by molar-refractivity contribution is 0.324. The molecule has 1 aliphatic rings. The number of benzene rings is 2. The number of ether oxygens (including phenoxy) is 4. The highest BCUT2D eigenvalue weighted by Gasteiger charge is 2.19. The number of nitrogens with zero attached hydrogens (tertiary/aromatic N) is 1. The molecular weight excluding hydrogens is 346 g/mol. The lowest BCUT2D eigenvalue weighted by Crippen LogP contribution is -2.14. The highest BCUT2D eigenvalue weighted by atomic mass is 16.5. The standard InChI is InChI=1S/C21H25NO5/c1-24-18-11-14-7-8-22-16(15(14)12-17(18)23)6-5-13-9-19(25-2)21(27-4)20(10-13)26-3/h9-12,23H,5-8H2,1-4H3. The summed E-state index contributed by atoms with van der Waals surface area (Å²) in [5.41, 5.74) is 4.20. The average Bonchev–Trinajstić information content (AvgIpc) is 2.70. The Morgan fingerprint density at radius 3 is 2.11 bits per heavy atom. The molecule has 144 valence electrons. The summed E-state index contributed by atoms with van der Waals surface area (Å²) < 4.78 is 21.4. The molecule has 27 heavy (non-hydrogen) atoms. The molecule has 0 amide bonds. The summed E-state index contributed by atoms with van der Waals surface area (Å²) in [6.07, 6.45) is 2.36. The Balaban J connectivity index is 1.84. The van der Waals surface area contributed by atoms with Crippen LogP contribution in [0, 0.1) is 0 Å². The van der Waals surface area contributed by atoms with Crippen molar-refractivity contribution in [1.29, 1.82) is 0 Å². The Hall–Kier alpha value is -2.89. The Labute approximate surface area is 159 Å². The van der Waals surface area contributed by atoms with Crippen LogP contribution in [0.3, 0.4) is 0 Å². The van der Waals surface area contributed by atoms with Crippen LogP contribution in [-0.2, 0) is 12.8 Å². The molecule has 0 fully saturated rings. The van der Waals surface area contributed by atoms with Crippen LogP contribution < -0.4 is 18.9 Å². The highest BCUT2D eigenvalue weighted by molar-refractivity contribution is 6.03. The second-order valence-electron chi connectivity index (χ2n) is 6.29. The summed E-state index contributed by atoms with van der Waals surface area (Å²) in [6, 6.07) is 7.56. The lowest BCUT2D eigenvalue weighted by atomic mass is 9.93. The number of aliphatic imine (C=N–C) groups is 1. The van der Waals surface area contributed by atoms with Gasteiger partial charge in [-0.3, -0.25) is 4.99 Å². The number of hydrogen-bond acceptors (Lipinski definition) is 6. The van der Waals surface area contributed by atoms with Gasteiger partial charge in [-0.05, 0) is 54.7 Å². The maximum absolute atomic E-state index is 10.1. The van der Waals surface area contributed by atoms with Crippen molar-refractivity contribution < 1.29 is 24.1 Å². The van der Waals surface area contributed by atoms with Gasteiger partial charge in [-0.1, -0.05) is 0 Å². The minimum atomic E-state index is 0.138. The van der Waals surface area contributed by atoms with Gasteiger partial charge in [-0.2, -0.15) is 0 Å². The van der Waals surface area contributed by atoms with Gasteiger partial charge in [0.2, 0.25) is 5.75 Å². The maximum atomic E-state index is 10.1. The Morgan fingerprint density at radius 1 is 0.852 bits per heavy atom. The summed E-state index contributed by atoms with van der Waals surface area (Å²) in [4.78, 5) is 4.68. The summed E-state index contributed by atoms with van der Waals surface area (Å²) in [7, 11) is 6.37. The Kier molecular flexibility index (Phi) is 5.74. The van der Waals surface area contributed by atoms with Crippen LogP contribution >= 0.6 is 0 Å². The monoisotopic (exact) mass is 371 g/mol. The van der Waals surface area contributed by atoms with Gasteiger partial charge < -0.3 is 24.1 Å². The zero-order valence-corrected chi connectivity index (χ0v) is 16.2. The van der Waals surface area contributed by atoms with Crippen molar-refractivity contribution in [3.8, 4) is 28.7 Å². The van der Waals surface area contributed by atoms with E-state index in [0.717, 1.165) is 48.2 Å². The van der Waals surface area contributed by atoms with Crippen molar-refractivity contribution in [1.82, 2.24) is 0 Å². The van der Waals surface area contributed by atoms with E-state index in [4.69, 9.17) is 18.9 Å². The molecule has 1 N–H and O–H groups in total. The molecule has 0 aliphatic carbocycles. The average molecular weight is 371 g/mol. The highest BCUT2D eigenvalue weighted by Crippen LogP contribution is 2.39. The van der Waals surface area contributed by atoms with Crippen molar-refractivity contribution in [3.63, 3.8) is 0 Å². The Morgan fingerprint density at radius 2 is 1.52 bits per heavy atom. The van der Waals surface area contributed by atoms with E-state index in [1.54, 1.807) is 34.5 Å². The number of phenols is 1. The smallest absolute Gasteiger partial charge is 0.203 e. The molecule has 0 spiro atoms. The van der Waals surface area contributed by atoms with Gasteiger partial charge in [0.15, 0.2) is 23.0 Å². The van der Waals surface area contributed by atoms with Crippen molar-refractivity contribution in [2.45, 2.75) is 19.3 Å². The number of fused-ring (bicyclic) bond motifs is 1. The molecule has 6 nitrogen and oxygen atoms in total. The first-order valence-corrected chi connectivity index (χ1v) is 8.83. The van der Waals surface area contributed by atoms with Crippen molar-refractivity contribution >= 4 is 5.71 Å². The molecule has 0 radical (unpaired) electrons. The fraction of sp³-hybridized carbons (Fsp3) is 0.381. The molecule has 3 rings (SSSR count). The van der Waals surface area contributed by atoms with Crippen LogP contribution in [0.1, 0.15) is 23.1 Å². The first-order chi connectivity index (χ1) is 13.1. The minimum absolute atomic E-state index is 0.138. The third kappa shape index (κ3) is 3.79. The molecule has 2 aromatic rings. The number of aryl methyl sites for hydroxylation is 1. The first kappa shape index (κ1) is 18.9. The summed E-state index contributed by atoms with van der Waals surface area (Å²) >= 11 is 0. The van der Waals surface area contributed by atoms with E-state index in [1.807, 2.05) is 18.2 Å². The van der Waals surface area contributed by atoms with Crippen LogP contribution in [-0.4, -0.2) is 45.8 Å². The zero-order chi connectivity index (χ0) is 19.4. The second kappa shape index (κ2) is 8.20. The number of phenolic OH excluding ortho intramolecular Hbond substituents is 1. The van der Waals surface area contributed by atoms with Gasteiger partial charge in [0.05, 0.1) is 28.4 Å². The topological polar surface area (TPSA) is 69.5 Å². The van der Waals surface area contributed by atoms with Gasteiger partial charge in [-0.25, -0.2) is 0 Å². The van der Waals surface area contributed by atoms with Crippen LogP contribution in [0.15, 0.2) is 29.3 Å². The quantitative estimate of drug-likeness (QED) is 0.808. The van der Waals surface area contributed by atoms with Gasteiger partial charge in [0.25, 0.3) is 0 Å². The fourth-order valence-electron chi connectivity index (χ4n) is 3.40. The van der Waals surface area contributed by atoms with E-state index in [2.05, 4.69) is 4.99 Å². The van der Waals surface area contributed by atoms with E-state index >= 15 is 0 Å². The summed E-state index contributed by atoms with van der Waals surface area (Å²) in [6.45, 7) is 0.742. The third-order valence-corrected chi connectivity index (χ3v) is 4.77. The van der Waals surface area contributed by atoms with Gasteiger partial charge in [-0.15, -0.1) is 0 Å². The van der Waals surface area contributed by atoms with E-state index < -0.39 is 0 Å². The molecule has 0 saturated heterocycles. The molecule has 6 heteroatoms. The fourth-order valence-corrected chi connectivity index (χ4v) is 3.40. The van der Waals surface area contributed by atoms with Crippen LogP contribution in [0.25, 0.3) is 0 Å².